The second-order valence-electron chi connectivity index (χ2n) is 4.89. The highest BCUT2D eigenvalue weighted by molar-refractivity contribution is 7.98. The zero-order valence-corrected chi connectivity index (χ0v) is 13.6. The van der Waals surface area contributed by atoms with Crippen LogP contribution in [0.3, 0.4) is 0 Å². The molecule has 2 heterocycles. The molecule has 0 atom stereocenters. The normalized spacial score (nSPS) is 13.8. The zero-order valence-electron chi connectivity index (χ0n) is 12.0. The second kappa shape index (κ2) is 6.58. The Hall–Kier alpha value is -1.73. The van der Waals surface area contributed by atoms with E-state index < -0.39 is 0 Å². The van der Waals surface area contributed by atoms with Crippen molar-refractivity contribution in [3.8, 4) is 0 Å². The van der Waals surface area contributed by atoms with Gasteiger partial charge in [-0.25, -0.2) is 14.8 Å². The topological polar surface area (TPSA) is 69.2 Å². The van der Waals surface area contributed by atoms with Crippen LogP contribution < -0.4 is 0 Å². The summed E-state index contributed by atoms with van der Waals surface area (Å²) in [6.07, 6.45) is 3.93. The fraction of sp³-hybridized carbons (Fsp3) is 0.333. The fourth-order valence-electron chi connectivity index (χ4n) is 2.25. The van der Waals surface area contributed by atoms with Crippen LogP contribution in [0.4, 0.5) is 0 Å². The van der Waals surface area contributed by atoms with Crippen molar-refractivity contribution in [2.75, 3.05) is 7.11 Å². The number of methoxy groups -OCH3 is 1. The lowest BCUT2D eigenvalue weighted by molar-refractivity contribution is 0.0606. The van der Waals surface area contributed by atoms with Crippen LogP contribution in [0.5, 0.6) is 0 Å². The minimum absolute atomic E-state index is 0.137. The number of aryl methyl sites for hydroxylation is 1. The van der Waals surface area contributed by atoms with E-state index in [1.54, 1.807) is 6.20 Å². The second-order valence-corrected chi connectivity index (χ2v) is 6.74. The monoisotopic (exact) mass is 334 g/mol. The largest absolute Gasteiger partial charge is 0.465 e. The number of ether oxygens (including phenoxy) is 1. The van der Waals surface area contributed by atoms with Crippen LogP contribution in [0.1, 0.15) is 44.1 Å². The molecular weight excluding hydrogens is 320 g/mol. The Morgan fingerprint density at radius 1 is 1.45 bits per heavy atom. The third kappa shape index (κ3) is 3.20. The summed E-state index contributed by atoms with van der Waals surface area (Å²) < 4.78 is 4.69. The summed E-state index contributed by atoms with van der Waals surface area (Å²) in [5.41, 5.74) is 2.56. The molecule has 5 nitrogen and oxygen atoms in total. The van der Waals surface area contributed by atoms with E-state index in [4.69, 9.17) is 4.74 Å². The van der Waals surface area contributed by atoms with Crippen molar-refractivity contribution < 1.29 is 14.3 Å². The molecule has 114 valence electrons. The van der Waals surface area contributed by atoms with Crippen LogP contribution in [0, 0.1) is 0 Å². The van der Waals surface area contributed by atoms with E-state index in [2.05, 4.69) is 9.97 Å². The van der Waals surface area contributed by atoms with Crippen molar-refractivity contribution in [3.05, 3.63) is 39.3 Å². The molecule has 0 spiro atoms. The highest BCUT2D eigenvalue weighted by atomic mass is 32.2. The van der Waals surface area contributed by atoms with E-state index in [-0.39, 0.29) is 11.8 Å². The first-order valence-electron chi connectivity index (χ1n) is 6.85. The Morgan fingerprint density at radius 3 is 3.14 bits per heavy atom. The number of carbonyl (C=O) groups is 2. The van der Waals surface area contributed by atoms with E-state index in [1.807, 2.05) is 11.4 Å². The summed E-state index contributed by atoms with van der Waals surface area (Å²) in [4.78, 5) is 32.5. The molecule has 7 heteroatoms. The van der Waals surface area contributed by atoms with Gasteiger partial charge in [0, 0.05) is 18.4 Å². The van der Waals surface area contributed by atoms with Crippen LogP contribution >= 0.6 is 23.1 Å². The molecule has 0 fully saturated rings. The van der Waals surface area contributed by atoms with Gasteiger partial charge in [-0.2, -0.15) is 0 Å². The highest BCUT2D eigenvalue weighted by Crippen LogP contribution is 2.26. The van der Waals surface area contributed by atoms with Crippen molar-refractivity contribution in [3.63, 3.8) is 0 Å². The van der Waals surface area contributed by atoms with Gasteiger partial charge < -0.3 is 4.74 Å². The van der Waals surface area contributed by atoms with Crippen molar-refractivity contribution in [1.82, 2.24) is 9.97 Å². The van der Waals surface area contributed by atoms with E-state index in [0.29, 0.717) is 27.8 Å². The minimum atomic E-state index is -0.315. The molecule has 22 heavy (non-hydrogen) atoms. The SMILES string of the molecule is COC(=O)c1cc(CSc2ncc3c(n2)CCCC3=O)cs1. The zero-order chi connectivity index (χ0) is 15.5. The summed E-state index contributed by atoms with van der Waals surface area (Å²) in [6.45, 7) is 0. The molecule has 0 N–H and O–H groups in total. The lowest BCUT2D eigenvalue weighted by Crippen LogP contribution is -2.13. The first-order chi connectivity index (χ1) is 10.7. The van der Waals surface area contributed by atoms with Gasteiger partial charge in [0.1, 0.15) is 4.88 Å². The number of rotatable bonds is 4. The summed E-state index contributed by atoms with van der Waals surface area (Å²) in [6, 6.07) is 1.82. The average molecular weight is 334 g/mol. The van der Waals surface area contributed by atoms with Gasteiger partial charge in [0.2, 0.25) is 0 Å². The van der Waals surface area contributed by atoms with E-state index in [9.17, 15) is 9.59 Å². The Bertz CT molecular complexity index is 727. The molecule has 3 rings (SSSR count). The van der Waals surface area contributed by atoms with Crippen molar-refractivity contribution >= 4 is 34.9 Å². The molecule has 1 aliphatic rings. The van der Waals surface area contributed by atoms with Crippen LogP contribution in [0.2, 0.25) is 0 Å². The number of hydrogen-bond acceptors (Lipinski definition) is 7. The molecule has 0 aromatic carbocycles. The summed E-state index contributed by atoms with van der Waals surface area (Å²) in [7, 11) is 1.37. The number of thioether (sulfide) groups is 1. The lowest BCUT2D eigenvalue weighted by Gasteiger charge is -2.13. The third-order valence-electron chi connectivity index (χ3n) is 3.37. The number of ketones is 1. The van der Waals surface area contributed by atoms with E-state index in [0.717, 1.165) is 24.1 Å². The molecule has 0 radical (unpaired) electrons. The first-order valence-corrected chi connectivity index (χ1v) is 8.71. The van der Waals surface area contributed by atoms with E-state index >= 15 is 0 Å². The van der Waals surface area contributed by atoms with Gasteiger partial charge in [-0.05, 0) is 29.9 Å². The average Bonchev–Trinajstić information content (AvgIpc) is 3.01. The molecule has 0 aliphatic heterocycles. The maximum absolute atomic E-state index is 11.7. The van der Waals surface area contributed by atoms with Gasteiger partial charge in [-0.15, -0.1) is 11.3 Å². The Morgan fingerprint density at radius 2 is 2.32 bits per heavy atom. The highest BCUT2D eigenvalue weighted by Gasteiger charge is 2.19. The maximum Gasteiger partial charge on any atom is 0.348 e. The summed E-state index contributed by atoms with van der Waals surface area (Å²) in [5.74, 6) is 0.503. The number of hydrogen-bond donors (Lipinski definition) is 0. The first kappa shape index (κ1) is 15.2. The van der Waals surface area contributed by atoms with Gasteiger partial charge in [0.15, 0.2) is 10.9 Å². The van der Waals surface area contributed by atoms with Gasteiger partial charge in [-0.3, -0.25) is 4.79 Å². The number of carbonyl (C=O) groups excluding carboxylic acids is 2. The van der Waals surface area contributed by atoms with Crippen LogP contribution in [-0.2, 0) is 16.9 Å². The van der Waals surface area contributed by atoms with Crippen LogP contribution in [-0.4, -0.2) is 28.8 Å². The predicted octanol–water partition coefficient (Wildman–Crippen LogP) is 3.14. The fourth-order valence-corrected chi connectivity index (χ4v) is 3.95. The molecular formula is C15H14N2O3S2. The van der Waals surface area contributed by atoms with Crippen molar-refractivity contribution in [2.24, 2.45) is 0 Å². The Balaban J connectivity index is 1.68. The van der Waals surface area contributed by atoms with Crippen molar-refractivity contribution in [1.29, 1.82) is 0 Å². The molecule has 2 aromatic rings. The number of thiophene rings is 1. The lowest BCUT2D eigenvalue weighted by atomic mass is 9.96. The van der Waals surface area contributed by atoms with Gasteiger partial charge >= 0.3 is 5.97 Å². The van der Waals surface area contributed by atoms with Gasteiger partial charge in [0.25, 0.3) is 0 Å². The minimum Gasteiger partial charge on any atom is -0.465 e. The predicted molar refractivity (Wildman–Crippen MR) is 84.5 cm³/mol. The number of aromatic nitrogens is 2. The molecule has 1 aliphatic carbocycles. The third-order valence-corrected chi connectivity index (χ3v) is 5.26. The summed E-state index contributed by atoms with van der Waals surface area (Å²) in [5, 5.41) is 2.60. The van der Waals surface area contributed by atoms with Gasteiger partial charge in [0.05, 0.1) is 18.4 Å². The maximum atomic E-state index is 11.7. The molecule has 0 saturated carbocycles. The number of Topliss-reactive ketones (excluding diaryl/α,β-unsaturated/α-hetero) is 1. The number of nitrogens with zero attached hydrogens (tertiary/aromatic N) is 2. The van der Waals surface area contributed by atoms with Gasteiger partial charge in [-0.1, -0.05) is 11.8 Å². The van der Waals surface area contributed by atoms with E-state index in [1.165, 1.54) is 30.2 Å². The molecule has 0 bridgehead atoms. The number of esters is 1. The van der Waals surface area contributed by atoms with Crippen LogP contribution in [0.25, 0.3) is 0 Å². The quantitative estimate of drug-likeness (QED) is 0.486. The Labute approximate surface area is 136 Å². The molecule has 0 saturated heterocycles. The molecule has 2 aromatic heterocycles. The molecule has 0 amide bonds. The standard InChI is InChI=1S/C15H14N2O3S2/c1-20-14(19)13-5-9(7-21-13)8-22-15-16-6-10-11(17-15)3-2-4-12(10)18/h5-7H,2-4,8H2,1H3. The Kier molecular flexibility index (Phi) is 4.54. The van der Waals surface area contributed by atoms with Crippen LogP contribution in [0.15, 0.2) is 22.8 Å². The molecule has 0 unspecified atom stereocenters. The number of fused-ring (bicyclic) bond motifs is 1. The van der Waals surface area contributed by atoms with Crippen molar-refractivity contribution in [2.45, 2.75) is 30.2 Å². The summed E-state index contributed by atoms with van der Waals surface area (Å²) >= 11 is 2.87. The smallest absolute Gasteiger partial charge is 0.348 e.